The van der Waals surface area contributed by atoms with E-state index in [-0.39, 0.29) is 22.9 Å². The van der Waals surface area contributed by atoms with Crippen molar-refractivity contribution in [2.75, 3.05) is 0 Å². The van der Waals surface area contributed by atoms with Crippen LogP contribution in [0, 0.1) is 59.6 Å². The molecule has 0 radical (unpaired) electrons. The maximum atomic E-state index is 13.7. The first-order valence-electron chi connectivity index (χ1n) is 12.2. The zero-order valence-corrected chi connectivity index (χ0v) is 18.4. The molecule has 1 aromatic carbocycles. The summed E-state index contributed by atoms with van der Waals surface area (Å²) in [5.74, 6) is 5.54. The monoisotopic (exact) mass is 396 g/mol. The average Bonchev–Trinajstić information content (AvgIpc) is 3.06. The number of ketones is 1. The second kappa shape index (κ2) is 7.20. The fourth-order valence-electron chi connectivity index (χ4n) is 8.52. The van der Waals surface area contributed by atoms with Crippen LogP contribution in [0.4, 0.5) is 4.39 Å². The van der Waals surface area contributed by atoms with Crippen molar-refractivity contribution in [1.29, 1.82) is 0 Å². The molecule has 4 fully saturated rings. The highest BCUT2D eigenvalue weighted by Gasteiger charge is 2.58. The fourth-order valence-corrected chi connectivity index (χ4v) is 8.52. The molecule has 0 amide bonds. The molecule has 0 bridgehead atoms. The van der Waals surface area contributed by atoms with E-state index in [0.29, 0.717) is 5.56 Å². The van der Waals surface area contributed by atoms with Gasteiger partial charge in [-0.25, -0.2) is 4.39 Å². The molecule has 1 aromatic rings. The number of benzene rings is 1. The van der Waals surface area contributed by atoms with E-state index in [2.05, 4.69) is 13.8 Å². The third-order valence-corrected chi connectivity index (χ3v) is 9.98. The van der Waals surface area contributed by atoms with E-state index in [4.69, 9.17) is 0 Å². The zero-order valence-electron chi connectivity index (χ0n) is 18.4. The van der Waals surface area contributed by atoms with Gasteiger partial charge in [-0.15, -0.1) is 0 Å². The zero-order chi connectivity index (χ0) is 20.3. The lowest BCUT2D eigenvalue weighted by Crippen LogP contribution is -2.49. The van der Waals surface area contributed by atoms with Crippen molar-refractivity contribution in [1.82, 2.24) is 0 Å². The number of hydrogen-bond donors (Lipinski definition) is 0. The Morgan fingerprint density at radius 2 is 1.79 bits per heavy atom. The van der Waals surface area contributed by atoms with E-state index in [1.165, 1.54) is 57.4 Å². The first-order chi connectivity index (χ1) is 13.9. The second-order valence-electron chi connectivity index (χ2n) is 11.4. The van der Waals surface area contributed by atoms with Crippen molar-refractivity contribution >= 4 is 5.78 Å². The summed E-state index contributed by atoms with van der Waals surface area (Å²) in [4.78, 5) is 13.5. The highest BCUT2D eigenvalue weighted by molar-refractivity contribution is 5.98. The largest absolute Gasteiger partial charge is 0.294 e. The van der Waals surface area contributed by atoms with E-state index in [0.717, 1.165) is 47.5 Å². The summed E-state index contributed by atoms with van der Waals surface area (Å²) >= 11 is 0. The van der Waals surface area contributed by atoms with Gasteiger partial charge in [0.25, 0.3) is 0 Å². The predicted molar refractivity (Wildman–Crippen MR) is 115 cm³/mol. The van der Waals surface area contributed by atoms with Crippen LogP contribution in [-0.4, -0.2) is 5.78 Å². The number of carbonyl (C=O) groups excluding carboxylic acids is 1. The number of Topliss-reactive ketones (excluding diaryl/α,β-unsaturated/α-hetero) is 1. The van der Waals surface area contributed by atoms with Gasteiger partial charge in [-0.05, 0) is 123 Å². The molecule has 0 aliphatic heterocycles. The molecule has 158 valence electrons. The summed E-state index contributed by atoms with van der Waals surface area (Å²) in [6.45, 7) is 6.64. The second-order valence-corrected chi connectivity index (χ2v) is 11.4. The molecule has 0 spiro atoms. The SMILES string of the molecule is Cc1cc(C(=O)C2CCC3C4CCC5CC(C)CCC5C4CCC23C)ccc1F. The molecule has 0 saturated heterocycles. The van der Waals surface area contributed by atoms with Gasteiger partial charge in [-0.2, -0.15) is 0 Å². The number of aryl methyl sites for hydroxylation is 1. The average molecular weight is 397 g/mol. The lowest BCUT2D eigenvalue weighted by molar-refractivity contribution is -0.0634. The van der Waals surface area contributed by atoms with Gasteiger partial charge in [0.05, 0.1) is 0 Å². The van der Waals surface area contributed by atoms with Crippen LogP contribution in [-0.2, 0) is 0 Å². The molecule has 0 aromatic heterocycles. The standard InChI is InChI=1S/C27H37FO/c1-16-4-7-20-18(14-16)5-8-22-21(20)12-13-27(3)23(22)9-10-24(27)26(29)19-6-11-25(28)17(2)15-19/h6,11,15-16,18,20-24H,4-5,7-10,12-14H2,1-3H3. The quantitative estimate of drug-likeness (QED) is 0.482. The Morgan fingerprint density at radius 1 is 1.00 bits per heavy atom. The molecule has 4 saturated carbocycles. The molecule has 8 unspecified atom stereocenters. The van der Waals surface area contributed by atoms with E-state index in [9.17, 15) is 9.18 Å². The number of hydrogen-bond acceptors (Lipinski definition) is 1. The van der Waals surface area contributed by atoms with E-state index >= 15 is 0 Å². The lowest BCUT2D eigenvalue weighted by Gasteiger charge is -2.56. The smallest absolute Gasteiger partial charge is 0.166 e. The topological polar surface area (TPSA) is 17.1 Å². The Labute approximate surface area is 175 Å². The maximum Gasteiger partial charge on any atom is 0.166 e. The Bertz CT molecular complexity index is 800. The van der Waals surface area contributed by atoms with E-state index in [1.54, 1.807) is 19.1 Å². The molecule has 0 N–H and O–H groups in total. The van der Waals surface area contributed by atoms with Gasteiger partial charge in [0.2, 0.25) is 0 Å². The molecule has 4 aliphatic rings. The van der Waals surface area contributed by atoms with Crippen LogP contribution >= 0.6 is 0 Å². The van der Waals surface area contributed by atoms with Gasteiger partial charge in [0, 0.05) is 11.5 Å². The molecule has 29 heavy (non-hydrogen) atoms. The van der Waals surface area contributed by atoms with Gasteiger partial charge in [0.1, 0.15) is 5.82 Å². The van der Waals surface area contributed by atoms with E-state index < -0.39 is 0 Å². The Kier molecular flexibility index (Phi) is 4.91. The number of halogens is 1. The summed E-state index contributed by atoms with van der Waals surface area (Å²) in [6.07, 6.45) is 12.0. The minimum atomic E-state index is -0.212. The van der Waals surface area contributed by atoms with Gasteiger partial charge in [-0.1, -0.05) is 20.3 Å². The molecule has 0 heterocycles. The molecule has 4 aliphatic carbocycles. The number of carbonyl (C=O) groups is 1. The minimum Gasteiger partial charge on any atom is -0.294 e. The van der Waals surface area contributed by atoms with Crippen LogP contribution in [0.5, 0.6) is 0 Å². The molecular formula is C27H37FO. The molecule has 5 rings (SSSR count). The van der Waals surface area contributed by atoms with Gasteiger partial charge >= 0.3 is 0 Å². The van der Waals surface area contributed by atoms with Crippen molar-refractivity contribution in [3.8, 4) is 0 Å². The Balaban J connectivity index is 1.37. The molecular weight excluding hydrogens is 359 g/mol. The first kappa shape index (κ1) is 19.8. The highest BCUT2D eigenvalue weighted by Crippen LogP contribution is 2.64. The van der Waals surface area contributed by atoms with Crippen LogP contribution in [0.1, 0.15) is 87.6 Å². The maximum absolute atomic E-state index is 13.7. The van der Waals surface area contributed by atoms with Crippen molar-refractivity contribution in [3.63, 3.8) is 0 Å². The van der Waals surface area contributed by atoms with E-state index in [1.807, 2.05) is 0 Å². The summed E-state index contributed by atoms with van der Waals surface area (Å²) in [5.41, 5.74) is 1.46. The van der Waals surface area contributed by atoms with Gasteiger partial charge in [-0.3, -0.25) is 4.79 Å². The normalized spacial score (nSPS) is 43.9. The Hall–Kier alpha value is -1.18. The van der Waals surface area contributed by atoms with Gasteiger partial charge < -0.3 is 0 Å². The van der Waals surface area contributed by atoms with Crippen LogP contribution in [0.15, 0.2) is 18.2 Å². The molecule has 1 nitrogen and oxygen atoms in total. The van der Waals surface area contributed by atoms with Crippen LogP contribution in [0.3, 0.4) is 0 Å². The van der Waals surface area contributed by atoms with Crippen molar-refractivity contribution in [2.24, 2.45) is 46.8 Å². The summed E-state index contributed by atoms with van der Waals surface area (Å²) < 4.78 is 13.7. The number of rotatable bonds is 2. The number of fused-ring (bicyclic) bond motifs is 5. The molecule has 2 heteroatoms. The predicted octanol–water partition coefficient (Wildman–Crippen LogP) is 7.22. The van der Waals surface area contributed by atoms with Crippen molar-refractivity contribution in [2.45, 2.75) is 78.6 Å². The van der Waals surface area contributed by atoms with Crippen LogP contribution < -0.4 is 0 Å². The van der Waals surface area contributed by atoms with Crippen LogP contribution in [0.2, 0.25) is 0 Å². The molecule has 8 atom stereocenters. The summed E-state index contributed by atoms with van der Waals surface area (Å²) in [5, 5.41) is 0. The first-order valence-corrected chi connectivity index (χ1v) is 12.2. The minimum absolute atomic E-state index is 0.127. The third-order valence-electron chi connectivity index (χ3n) is 9.98. The lowest BCUT2D eigenvalue weighted by atomic mass is 9.49. The van der Waals surface area contributed by atoms with Crippen molar-refractivity contribution in [3.05, 3.63) is 35.1 Å². The fraction of sp³-hybridized carbons (Fsp3) is 0.741. The summed E-state index contributed by atoms with van der Waals surface area (Å²) in [7, 11) is 0. The Morgan fingerprint density at radius 3 is 2.59 bits per heavy atom. The highest BCUT2D eigenvalue weighted by atomic mass is 19.1. The van der Waals surface area contributed by atoms with Crippen LogP contribution in [0.25, 0.3) is 0 Å². The summed E-state index contributed by atoms with van der Waals surface area (Å²) in [6, 6.07) is 4.95. The van der Waals surface area contributed by atoms with Crippen molar-refractivity contribution < 1.29 is 9.18 Å². The van der Waals surface area contributed by atoms with Gasteiger partial charge in [0.15, 0.2) is 5.78 Å². The third kappa shape index (κ3) is 3.12.